The molecule has 4 heteroatoms. The first-order valence-electron chi connectivity index (χ1n) is 2.56. The summed E-state index contributed by atoms with van der Waals surface area (Å²) in [5, 5.41) is 8.40. The van der Waals surface area contributed by atoms with Crippen LogP contribution in [0.1, 0.15) is 0 Å². The first-order valence-corrected chi connectivity index (χ1v) is 2.56. The van der Waals surface area contributed by atoms with E-state index in [1.165, 1.54) is 0 Å². The number of nitrogens with one attached hydrogen (secondary N) is 1. The Morgan fingerprint density at radius 2 is 2.33 bits per heavy atom. The molecule has 0 aliphatic carbocycles. The molecule has 0 saturated carbocycles. The normalized spacial score (nSPS) is 8.56. The monoisotopic (exact) mass is 136 g/mol. The van der Waals surface area contributed by atoms with Gasteiger partial charge in [0.15, 0.2) is 0 Å². The average Bonchev–Trinajstić information content (AvgIpc) is 2.19. The minimum Gasteiger partial charge on any atom is -0.392 e. The molecule has 0 amide bonds. The van der Waals surface area contributed by atoms with Crippen LogP contribution in [-0.2, 0) is 6.54 Å². The van der Waals surface area contributed by atoms with Crippen molar-refractivity contribution in [3.05, 3.63) is 18.7 Å². The molecule has 0 atom stereocenters. The molecule has 1 heterocycles. The molecule has 0 radical (unpaired) electrons. The molecule has 0 aromatic carbocycles. The number of aromatic nitrogens is 2. The molecule has 3 nitrogen and oxygen atoms in total. The number of nitrogens with zero attached hydrogens (tertiary/aromatic N) is 1. The van der Waals surface area contributed by atoms with Crippen molar-refractivity contribution >= 4 is 0 Å². The van der Waals surface area contributed by atoms with Crippen LogP contribution < -0.4 is 34.1 Å². The van der Waals surface area contributed by atoms with Gasteiger partial charge in [-0.15, -0.1) is 0 Å². The van der Waals surface area contributed by atoms with E-state index < -0.39 is 0 Å². The van der Waals surface area contributed by atoms with Gasteiger partial charge in [0.05, 0.1) is 6.61 Å². The Morgan fingerprint density at radius 3 is 2.78 bits per heavy atom. The van der Waals surface area contributed by atoms with Gasteiger partial charge < -0.3 is 5.11 Å². The fraction of sp³-hybridized carbons (Fsp3) is 0.400. The topological polar surface area (TPSA) is 39.9 Å². The van der Waals surface area contributed by atoms with Crippen molar-refractivity contribution in [3.63, 3.8) is 0 Å². The van der Waals surface area contributed by atoms with Crippen molar-refractivity contribution in [2.75, 3.05) is 6.61 Å². The maximum atomic E-state index is 8.40. The SMILES string of the molecule is OCC[n+]1cc[nH]c1.[Na+]. The van der Waals surface area contributed by atoms with Crippen LogP contribution in [-0.4, -0.2) is 16.7 Å². The van der Waals surface area contributed by atoms with E-state index in [4.69, 9.17) is 5.11 Å². The predicted octanol–water partition coefficient (Wildman–Crippen LogP) is -3.70. The summed E-state index contributed by atoms with van der Waals surface area (Å²) < 4.78 is 1.88. The largest absolute Gasteiger partial charge is 1.00 e. The molecule has 0 spiro atoms. The summed E-state index contributed by atoms with van der Waals surface area (Å²) in [7, 11) is 0. The first kappa shape index (κ1) is 9.17. The van der Waals surface area contributed by atoms with Gasteiger partial charge in [-0.3, -0.25) is 4.98 Å². The van der Waals surface area contributed by atoms with E-state index in [0.29, 0.717) is 6.54 Å². The third kappa shape index (κ3) is 3.01. The molecule has 1 aromatic rings. The second-order valence-electron chi connectivity index (χ2n) is 1.57. The molecule has 0 unspecified atom stereocenters. The summed E-state index contributed by atoms with van der Waals surface area (Å²) in [5.41, 5.74) is 0. The summed E-state index contributed by atoms with van der Waals surface area (Å²) in [6.07, 6.45) is 5.49. The maximum absolute atomic E-state index is 8.40. The van der Waals surface area contributed by atoms with Crippen LogP contribution >= 0.6 is 0 Å². The molecule has 9 heavy (non-hydrogen) atoms. The Bertz CT molecular complexity index is 141. The van der Waals surface area contributed by atoms with Crippen molar-refractivity contribution < 1.29 is 39.2 Å². The van der Waals surface area contributed by atoms with Gasteiger partial charge in [-0.05, 0) is 0 Å². The van der Waals surface area contributed by atoms with Crippen molar-refractivity contribution in [1.29, 1.82) is 0 Å². The number of H-pyrrole nitrogens is 1. The summed E-state index contributed by atoms with van der Waals surface area (Å²) in [6, 6.07) is 0. The van der Waals surface area contributed by atoms with Crippen molar-refractivity contribution in [3.8, 4) is 0 Å². The Balaban J connectivity index is 0.000000640. The van der Waals surface area contributed by atoms with Crippen LogP contribution in [0.4, 0.5) is 0 Å². The standard InChI is InChI=1S/C5H8N2O.Na/c8-4-3-7-2-1-6-5-7;/h1-2,5,8H,3-4H2;/q;+1/p+1. The van der Waals surface area contributed by atoms with Gasteiger partial charge >= 0.3 is 29.6 Å². The van der Waals surface area contributed by atoms with E-state index in [1.54, 1.807) is 6.33 Å². The quantitative estimate of drug-likeness (QED) is 0.319. The molecule has 0 fully saturated rings. The fourth-order valence-corrected chi connectivity index (χ4v) is 0.575. The summed E-state index contributed by atoms with van der Waals surface area (Å²) >= 11 is 0. The predicted molar refractivity (Wildman–Crippen MR) is 28.1 cm³/mol. The van der Waals surface area contributed by atoms with Crippen LogP contribution in [0.15, 0.2) is 18.7 Å². The maximum Gasteiger partial charge on any atom is 1.00 e. The molecule has 0 bridgehead atoms. The van der Waals surface area contributed by atoms with E-state index in [9.17, 15) is 0 Å². The minimum atomic E-state index is 0. The second-order valence-corrected chi connectivity index (χ2v) is 1.57. The van der Waals surface area contributed by atoms with Gasteiger partial charge in [0.2, 0.25) is 6.33 Å². The summed E-state index contributed by atoms with van der Waals surface area (Å²) in [4.78, 5) is 2.87. The van der Waals surface area contributed by atoms with Gasteiger partial charge in [-0.25, -0.2) is 4.57 Å². The zero-order valence-electron chi connectivity index (χ0n) is 5.54. The van der Waals surface area contributed by atoms with Crippen LogP contribution in [0.3, 0.4) is 0 Å². The average molecular weight is 136 g/mol. The number of hydrogen-bond donors (Lipinski definition) is 2. The van der Waals surface area contributed by atoms with E-state index in [0.717, 1.165) is 0 Å². The van der Waals surface area contributed by atoms with E-state index in [-0.39, 0.29) is 36.2 Å². The number of aliphatic hydroxyl groups is 1. The summed E-state index contributed by atoms with van der Waals surface area (Å²) in [5.74, 6) is 0. The molecule has 0 aliphatic heterocycles. The van der Waals surface area contributed by atoms with Crippen LogP contribution in [0.25, 0.3) is 0 Å². The minimum absolute atomic E-state index is 0. The van der Waals surface area contributed by atoms with E-state index in [2.05, 4.69) is 4.98 Å². The molecular formula is C5H9N2NaO+2. The first-order chi connectivity index (χ1) is 3.93. The Hall–Kier alpha value is 0.170. The van der Waals surface area contributed by atoms with Crippen LogP contribution in [0, 0.1) is 0 Å². The van der Waals surface area contributed by atoms with Crippen LogP contribution in [0.5, 0.6) is 0 Å². The number of imidazole rings is 1. The molecule has 2 N–H and O–H groups in total. The van der Waals surface area contributed by atoms with Gasteiger partial charge in [0.25, 0.3) is 0 Å². The Morgan fingerprint density at radius 1 is 1.56 bits per heavy atom. The molecule has 44 valence electrons. The van der Waals surface area contributed by atoms with E-state index in [1.807, 2.05) is 17.0 Å². The van der Waals surface area contributed by atoms with Crippen molar-refractivity contribution in [1.82, 2.24) is 4.98 Å². The second kappa shape index (κ2) is 4.99. The zero-order chi connectivity index (χ0) is 5.82. The van der Waals surface area contributed by atoms with Crippen molar-refractivity contribution in [2.24, 2.45) is 0 Å². The zero-order valence-corrected chi connectivity index (χ0v) is 7.54. The smallest absolute Gasteiger partial charge is 0.392 e. The molecule has 0 aliphatic rings. The third-order valence-corrected chi connectivity index (χ3v) is 0.961. The number of aliphatic hydroxyl groups excluding tert-OH is 1. The van der Waals surface area contributed by atoms with Crippen LogP contribution in [0.2, 0.25) is 0 Å². The Kier molecular flexibility index (Phi) is 5.09. The van der Waals surface area contributed by atoms with Crippen molar-refractivity contribution in [2.45, 2.75) is 6.54 Å². The molecular weight excluding hydrogens is 127 g/mol. The molecule has 1 rings (SSSR count). The number of aromatic amines is 1. The molecule has 0 saturated heterocycles. The van der Waals surface area contributed by atoms with Gasteiger partial charge in [0.1, 0.15) is 18.9 Å². The number of hydrogen-bond acceptors (Lipinski definition) is 1. The van der Waals surface area contributed by atoms with E-state index >= 15 is 0 Å². The fourth-order valence-electron chi connectivity index (χ4n) is 0.575. The Labute approximate surface area is 76.0 Å². The van der Waals surface area contributed by atoms with Gasteiger partial charge in [0, 0.05) is 0 Å². The third-order valence-electron chi connectivity index (χ3n) is 0.961. The van der Waals surface area contributed by atoms with Gasteiger partial charge in [-0.2, -0.15) is 0 Å². The molecule has 1 aromatic heterocycles. The van der Waals surface area contributed by atoms with Gasteiger partial charge in [-0.1, -0.05) is 0 Å². The number of rotatable bonds is 2. The summed E-state index contributed by atoms with van der Waals surface area (Å²) in [6.45, 7) is 0.867.